The molecular weight excluding hydrogens is 346 g/mol. The molecule has 9 nitrogen and oxygen atoms in total. The fraction of sp³-hybridized carbons (Fsp3) is 0.600. The van der Waals surface area contributed by atoms with Crippen LogP contribution in [-0.4, -0.2) is 61.9 Å². The smallest absolute Gasteiger partial charge is 0.410 e. The maximum Gasteiger partial charge on any atom is 0.410 e. The van der Waals surface area contributed by atoms with Crippen molar-refractivity contribution < 1.29 is 9.53 Å². The summed E-state index contributed by atoms with van der Waals surface area (Å²) < 4.78 is 7.01. The van der Waals surface area contributed by atoms with Crippen LogP contribution in [0.3, 0.4) is 0 Å². The van der Waals surface area contributed by atoms with E-state index in [-0.39, 0.29) is 18.1 Å². The van der Waals surface area contributed by atoms with E-state index in [0.717, 1.165) is 0 Å². The minimum Gasteiger partial charge on any atom is -0.444 e. The Morgan fingerprint density at radius 3 is 2.72 bits per heavy atom. The van der Waals surface area contributed by atoms with Crippen molar-refractivity contribution in [3.8, 4) is 0 Å². The summed E-state index contributed by atoms with van der Waals surface area (Å²) in [5.74, 6) is 0.692. The molecule has 0 saturated carbocycles. The Hall–Kier alpha value is -2.29. The van der Waals surface area contributed by atoms with Crippen molar-refractivity contribution in [2.75, 3.05) is 30.3 Å². The number of fused-ring (bicyclic) bond motifs is 1. The largest absolute Gasteiger partial charge is 0.444 e. The SMILES string of the molecule is C[C@H]1CN(C(=O)OC(C)(C)C)CCN1c1nc(N)nc2c(Cl)cnn12. The summed E-state index contributed by atoms with van der Waals surface area (Å²) in [6.07, 6.45) is 1.20. The highest BCUT2D eigenvalue weighted by atomic mass is 35.5. The van der Waals surface area contributed by atoms with E-state index in [9.17, 15) is 4.79 Å². The highest BCUT2D eigenvalue weighted by molar-refractivity contribution is 6.33. The van der Waals surface area contributed by atoms with Crippen molar-refractivity contribution in [3.05, 3.63) is 11.2 Å². The summed E-state index contributed by atoms with van der Waals surface area (Å²) in [4.78, 5) is 24.5. The lowest BCUT2D eigenvalue weighted by Crippen LogP contribution is -2.55. The van der Waals surface area contributed by atoms with Gasteiger partial charge in [-0.2, -0.15) is 19.6 Å². The summed E-state index contributed by atoms with van der Waals surface area (Å²) >= 11 is 6.10. The number of anilines is 2. The fourth-order valence-electron chi connectivity index (χ4n) is 2.79. The van der Waals surface area contributed by atoms with Crippen molar-refractivity contribution in [1.29, 1.82) is 0 Å². The van der Waals surface area contributed by atoms with Gasteiger partial charge in [0.25, 0.3) is 0 Å². The highest BCUT2D eigenvalue weighted by Crippen LogP contribution is 2.24. The van der Waals surface area contributed by atoms with E-state index in [1.54, 1.807) is 9.42 Å². The molecule has 2 aromatic heterocycles. The lowest BCUT2D eigenvalue weighted by atomic mass is 10.2. The van der Waals surface area contributed by atoms with E-state index >= 15 is 0 Å². The van der Waals surface area contributed by atoms with Gasteiger partial charge in [0.15, 0.2) is 5.65 Å². The summed E-state index contributed by atoms with van der Waals surface area (Å²) in [6, 6.07) is 0.00161. The molecule has 0 unspecified atom stereocenters. The molecule has 136 valence electrons. The highest BCUT2D eigenvalue weighted by Gasteiger charge is 2.32. The molecule has 1 fully saturated rings. The molecule has 1 aliphatic rings. The number of ether oxygens (including phenoxy) is 1. The number of hydrogen-bond donors (Lipinski definition) is 1. The number of nitrogen functional groups attached to an aromatic ring is 1. The van der Waals surface area contributed by atoms with E-state index < -0.39 is 5.60 Å². The Labute approximate surface area is 150 Å². The number of carbonyl (C=O) groups excluding carboxylic acids is 1. The molecular formula is C15H22ClN7O2. The minimum atomic E-state index is -0.517. The number of rotatable bonds is 1. The maximum absolute atomic E-state index is 12.3. The number of nitrogens with two attached hydrogens (primary N) is 1. The lowest BCUT2D eigenvalue weighted by Gasteiger charge is -2.40. The molecule has 0 bridgehead atoms. The second kappa shape index (κ2) is 6.21. The monoisotopic (exact) mass is 367 g/mol. The van der Waals surface area contributed by atoms with Crippen LogP contribution in [0.25, 0.3) is 5.65 Å². The van der Waals surface area contributed by atoms with Crippen molar-refractivity contribution in [2.45, 2.75) is 39.3 Å². The van der Waals surface area contributed by atoms with Crippen LogP contribution in [0.1, 0.15) is 27.7 Å². The van der Waals surface area contributed by atoms with Crippen LogP contribution in [0.15, 0.2) is 6.20 Å². The quantitative estimate of drug-likeness (QED) is 0.819. The van der Waals surface area contributed by atoms with Crippen molar-refractivity contribution in [3.63, 3.8) is 0 Å². The van der Waals surface area contributed by atoms with Gasteiger partial charge in [-0.1, -0.05) is 11.6 Å². The van der Waals surface area contributed by atoms with Gasteiger partial charge in [-0.3, -0.25) is 0 Å². The van der Waals surface area contributed by atoms with E-state index in [1.807, 2.05) is 32.6 Å². The Morgan fingerprint density at radius 1 is 1.36 bits per heavy atom. The predicted molar refractivity (Wildman–Crippen MR) is 94.8 cm³/mol. The minimum absolute atomic E-state index is 0.00161. The second-order valence-electron chi connectivity index (χ2n) is 7.08. The van der Waals surface area contributed by atoms with Gasteiger partial charge >= 0.3 is 6.09 Å². The van der Waals surface area contributed by atoms with Gasteiger partial charge < -0.3 is 20.3 Å². The van der Waals surface area contributed by atoms with E-state index in [4.69, 9.17) is 22.1 Å². The molecule has 10 heteroatoms. The summed E-state index contributed by atoms with van der Waals surface area (Å²) in [5.41, 5.74) is 5.76. The lowest BCUT2D eigenvalue weighted by molar-refractivity contribution is 0.0218. The number of nitrogens with zero attached hydrogens (tertiary/aromatic N) is 6. The fourth-order valence-corrected chi connectivity index (χ4v) is 2.95. The van der Waals surface area contributed by atoms with Crippen LogP contribution in [-0.2, 0) is 4.74 Å². The Bertz CT molecular complexity index is 801. The topological polar surface area (TPSA) is 102 Å². The van der Waals surface area contributed by atoms with Crippen LogP contribution < -0.4 is 10.6 Å². The third-order valence-electron chi connectivity index (χ3n) is 3.86. The standard InChI is InChI=1S/C15H22ClN7O2/c1-9-8-21(14(24)25-15(2,3)4)5-6-22(9)13-20-12(17)19-11-10(16)7-18-23(11)13/h7,9H,5-6,8H2,1-4H3,(H2,17,19)/t9-/m0/s1. The van der Waals surface area contributed by atoms with Crippen LogP contribution in [0.2, 0.25) is 5.02 Å². The molecule has 0 spiro atoms. The van der Waals surface area contributed by atoms with Crippen LogP contribution in [0, 0.1) is 0 Å². The van der Waals surface area contributed by atoms with Crippen LogP contribution in [0.4, 0.5) is 16.7 Å². The van der Waals surface area contributed by atoms with Gasteiger partial charge in [0, 0.05) is 25.7 Å². The van der Waals surface area contributed by atoms with Gasteiger partial charge in [-0.05, 0) is 27.7 Å². The molecule has 2 aromatic rings. The van der Waals surface area contributed by atoms with E-state index in [0.29, 0.717) is 36.3 Å². The third-order valence-corrected chi connectivity index (χ3v) is 4.13. The molecule has 0 radical (unpaired) electrons. The van der Waals surface area contributed by atoms with Gasteiger partial charge in [-0.15, -0.1) is 0 Å². The summed E-state index contributed by atoms with van der Waals surface area (Å²) in [5, 5.41) is 4.64. The zero-order valence-corrected chi connectivity index (χ0v) is 15.5. The zero-order chi connectivity index (χ0) is 18.4. The van der Waals surface area contributed by atoms with Gasteiger partial charge in [-0.25, -0.2) is 4.79 Å². The summed E-state index contributed by atoms with van der Waals surface area (Å²) in [6.45, 7) is 9.16. The summed E-state index contributed by atoms with van der Waals surface area (Å²) in [7, 11) is 0. The molecule has 2 N–H and O–H groups in total. The first-order chi connectivity index (χ1) is 11.7. The predicted octanol–water partition coefficient (Wildman–Crippen LogP) is 1.81. The molecule has 25 heavy (non-hydrogen) atoms. The molecule has 1 atom stereocenters. The molecule has 0 aliphatic carbocycles. The Kier molecular flexibility index (Phi) is 4.36. The number of halogens is 1. The van der Waals surface area contributed by atoms with Crippen molar-refractivity contribution >= 4 is 35.2 Å². The zero-order valence-electron chi connectivity index (χ0n) is 14.7. The number of amides is 1. The van der Waals surface area contributed by atoms with Gasteiger partial charge in [0.1, 0.15) is 10.6 Å². The van der Waals surface area contributed by atoms with Crippen LogP contribution >= 0.6 is 11.6 Å². The first kappa shape index (κ1) is 17.5. The second-order valence-corrected chi connectivity index (χ2v) is 7.49. The first-order valence-electron chi connectivity index (χ1n) is 8.07. The first-order valence-corrected chi connectivity index (χ1v) is 8.45. The maximum atomic E-state index is 12.3. The Balaban J connectivity index is 1.82. The molecule has 1 amide bonds. The molecule has 1 aliphatic heterocycles. The van der Waals surface area contributed by atoms with Crippen molar-refractivity contribution in [1.82, 2.24) is 24.5 Å². The van der Waals surface area contributed by atoms with E-state index in [1.165, 1.54) is 6.20 Å². The molecule has 0 aromatic carbocycles. The number of hydrogen-bond acceptors (Lipinski definition) is 7. The molecule has 1 saturated heterocycles. The number of piperazine rings is 1. The van der Waals surface area contributed by atoms with Gasteiger partial charge in [0.05, 0.1) is 6.20 Å². The number of aromatic nitrogens is 4. The van der Waals surface area contributed by atoms with E-state index in [2.05, 4.69) is 15.1 Å². The Morgan fingerprint density at radius 2 is 2.08 bits per heavy atom. The van der Waals surface area contributed by atoms with Gasteiger partial charge in [0.2, 0.25) is 11.9 Å². The average molecular weight is 368 g/mol. The third kappa shape index (κ3) is 3.55. The normalized spacial score (nSPS) is 18.7. The molecule has 3 rings (SSSR count). The average Bonchev–Trinajstić information content (AvgIpc) is 2.86. The molecule has 3 heterocycles. The van der Waals surface area contributed by atoms with Crippen molar-refractivity contribution in [2.24, 2.45) is 0 Å². The van der Waals surface area contributed by atoms with Crippen LogP contribution in [0.5, 0.6) is 0 Å². The number of carbonyl (C=O) groups is 1.